The summed E-state index contributed by atoms with van der Waals surface area (Å²) in [6.07, 6.45) is -0.0952. The fourth-order valence-corrected chi connectivity index (χ4v) is 1.84. The van der Waals surface area contributed by atoms with Crippen molar-refractivity contribution >= 4 is 29.2 Å². The van der Waals surface area contributed by atoms with Crippen LogP contribution in [0.15, 0.2) is 18.2 Å². The fourth-order valence-electron chi connectivity index (χ4n) is 1.84. The van der Waals surface area contributed by atoms with Crippen molar-refractivity contribution in [3.05, 3.63) is 33.9 Å². The van der Waals surface area contributed by atoms with Crippen molar-refractivity contribution in [2.45, 2.75) is 12.8 Å². The number of carbonyl (C=O) groups excluding carboxylic acids is 3. The van der Waals surface area contributed by atoms with E-state index in [1.807, 2.05) is 0 Å². The van der Waals surface area contributed by atoms with E-state index in [-0.39, 0.29) is 18.5 Å². The molecule has 2 rings (SSSR count). The maximum atomic E-state index is 11.6. The molecule has 8 heteroatoms. The maximum absolute atomic E-state index is 11.6. The molecular weight excluding hydrogens is 256 g/mol. The SMILES string of the molecule is O=C([O-])c1ccc([N+](=O)[O-])cc1N1C(=O)CCC1=O. The summed E-state index contributed by atoms with van der Waals surface area (Å²) in [6.45, 7) is 0. The van der Waals surface area contributed by atoms with Crippen molar-refractivity contribution < 1.29 is 24.4 Å². The quantitative estimate of drug-likeness (QED) is 0.416. The van der Waals surface area contributed by atoms with Crippen LogP contribution >= 0.6 is 0 Å². The molecule has 0 radical (unpaired) electrons. The molecule has 19 heavy (non-hydrogen) atoms. The molecule has 1 aliphatic heterocycles. The number of hydrogen-bond donors (Lipinski definition) is 0. The zero-order chi connectivity index (χ0) is 14.2. The number of imide groups is 1. The molecule has 1 heterocycles. The number of carboxylic acids is 1. The molecule has 0 aliphatic carbocycles. The van der Waals surface area contributed by atoms with E-state index in [1.54, 1.807) is 0 Å². The minimum Gasteiger partial charge on any atom is -0.545 e. The molecule has 0 aromatic heterocycles. The van der Waals surface area contributed by atoms with Crippen molar-refractivity contribution in [1.82, 2.24) is 0 Å². The minimum atomic E-state index is -1.61. The predicted molar refractivity (Wildman–Crippen MR) is 59.2 cm³/mol. The Hall–Kier alpha value is -2.77. The monoisotopic (exact) mass is 263 g/mol. The summed E-state index contributed by atoms with van der Waals surface area (Å²) in [5, 5.41) is 21.6. The maximum Gasteiger partial charge on any atom is 0.271 e. The van der Waals surface area contributed by atoms with E-state index >= 15 is 0 Å². The summed E-state index contributed by atoms with van der Waals surface area (Å²) in [4.78, 5) is 44.6. The number of hydrogen-bond acceptors (Lipinski definition) is 6. The van der Waals surface area contributed by atoms with E-state index in [9.17, 15) is 29.6 Å². The van der Waals surface area contributed by atoms with E-state index in [0.717, 1.165) is 18.2 Å². The third kappa shape index (κ3) is 2.15. The highest BCUT2D eigenvalue weighted by Crippen LogP contribution is 2.29. The van der Waals surface area contributed by atoms with Crippen LogP contribution in [0.3, 0.4) is 0 Å². The molecule has 1 aromatic rings. The Labute approximate surface area is 106 Å². The molecular formula is C11H7N2O6-. The van der Waals surface area contributed by atoms with Gasteiger partial charge in [-0.25, -0.2) is 4.90 Å². The second kappa shape index (κ2) is 4.48. The van der Waals surface area contributed by atoms with Gasteiger partial charge in [0, 0.05) is 30.5 Å². The number of benzene rings is 1. The van der Waals surface area contributed by atoms with Gasteiger partial charge in [0.05, 0.1) is 16.6 Å². The highest BCUT2D eigenvalue weighted by atomic mass is 16.6. The predicted octanol–water partition coefficient (Wildman–Crippen LogP) is -0.388. The first kappa shape index (κ1) is 12.7. The number of rotatable bonds is 3. The zero-order valence-electron chi connectivity index (χ0n) is 9.49. The molecule has 1 aromatic carbocycles. The van der Waals surface area contributed by atoms with Gasteiger partial charge in [-0.05, 0) is 6.07 Å². The molecule has 1 fully saturated rings. The smallest absolute Gasteiger partial charge is 0.271 e. The number of nitro groups is 1. The third-order valence-corrected chi connectivity index (χ3v) is 2.70. The lowest BCUT2D eigenvalue weighted by Crippen LogP contribution is -2.32. The van der Waals surface area contributed by atoms with Gasteiger partial charge < -0.3 is 9.90 Å². The summed E-state index contributed by atoms with van der Waals surface area (Å²) >= 11 is 0. The number of nitro benzene ring substituents is 1. The normalized spacial score (nSPS) is 14.8. The van der Waals surface area contributed by atoms with Crippen LogP contribution in [0.25, 0.3) is 0 Å². The van der Waals surface area contributed by atoms with Crippen LogP contribution in [-0.4, -0.2) is 22.7 Å². The van der Waals surface area contributed by atoms with Gasteiger partial charge in [-0.2, -0.15) is 0 Å². The van der Waals surface area contributed by atoms with E-state index in [4.69, 9.17) is 0 Å². The first-order chi connectivity index (χ1) is 8.91. The molecule has 2 amide bonds. The minimum absolute atomic E-state index is 0.0476. The lowest BCUT2D eigenvalue weighted by atomic mass is 10.1. The van der Waals surface area contributed by atoms with Crippen LogP contribution in [-0.2, 0) is 9.59 Å². The van der Waals surface area contributed by atoms with Crippen molar-refractivity contribution in [3.63, 3.8) is 0 Å². The highest BCUT2D eigenvalue weighted by molar-refractivity contribution is 6.21. The Balaban J connectivity index is 2.61. The lowest BCUT2D eigenvalue weighted by Gasteiger charge is -2.18. The highest BCUT2D eigenvalue weighted by Gasteiger charge is 2.32. The number of nitrogens with zero attached hydrogens (tertiary/aromatic N) is 2. The van der Waals surface area contributed by atoms with Crippen molar-refractivity contribution in [2.24, 2.45) is 0 Å². The van der Waals surface area contributed by atoms with Gasteiger partial charge in [0.2, 0.25) is 11.8 Å². The van der Waals surface area contributed by atoms with Crippen LogP contribution in [0.2, 0.25) is 0 Å². The molecule has 0 unspecified atom stereocenters. The molecule has 8 nitrogen and oxygen atoms in total. The number of aromatic carboxylic acids is 1. The molecule has 0 spiro atoms. The van der Waals surface area contributed by atoms with Crippen LogP contribution in [0.1, 0.15) is 23.2 Å². The summed E-state index contributed by atoms with van der Waals surface area (Å²) < 4.78 is 0. The summed E-state index contributed by atoms with van der Waals surface area (Å²) in [7, 11) is 0. The number of carboxylic acid groups (broad SMARTS) is 1. The molecule has 98 valence electrons. The Morgan fingerprint density at radius 1 is 1.21 bits per heavy atom. The van der Waals surface area contributed by atoms with Crippen molar-refractivity contribution in [2.75, 3.05) is 4.90 Å². The molecule has 0 bridgehead atoms. The van der Waals surface area contributed by atoms with Gasteiger partial charge in [-0.15, -0.1) is 0 Å². The molecule has 1 aliphatic rings. The summed E-state index contributed by atoms with van der Waals surface area (Å²) in [6, 6.07) is 2.80. The number of anilines is 1. The Morgan fingerprint density at radius 2 is 1.79 bits per heavy atom. The Morgan fingerprint density at radius 3 is 2.26 bits per heavy atom. The number of carbonyl (C=O) groups is 3. The van der Waals surface area contributed by atoms with Crippen molar-refractivity contribution in [3.8, 4) is 0 Å². The summed E-state index contributed by atoms with van der Waals surface area (Å²) in [5.41, 5.74) is -1.16. The Kier molecular flexibility index (Phi) is 2.99. The largest absolute Gasteiger partial charge is 0.545 e. The first-order valence-electron chi connectivity index (χ1n) is 5.27. The van der Waals surface area contributed by atoms with Gasteiger partial charge in [0.25, 0.3) is 5.69 Å². The van der Waals surface area contributed by atoms with Gasteiger partial charge in [0.15, 0.2) is 0 Å². The molecule has 0 N–H and O–H groups in total. The zero-order valence-corrected chi connectivity index (χ0v) is 9.49. The lowest BCUT2D eigenvalue weighted by molar-refractivity contribution is -0.384. The molecule has 0 atom stereocenters. The van der Waals surface area contributed by atoms with Crippen LogP contribution in [0.5, 0.6) is 0 Å². The van der Waals surface area contributed by atoms with E-state index < -0.39 is 34.0 Å². The molecule has 1 saturated heterocycles. The Bertz CT molecular complexity index is 593. The third-order valence-electron chi connectivity index (χ3n) is 2.70. The number of non-ortho nitro benzene ring substituents is 1. The van der Waals surface area contributed by atoms with Crippen molar-refractivity contribution in [1.29, 1.82) is 0 Å². The van der Waals surface area contributed by atoms with Gasteiger partial charge >= 0.3 is 0 Å². The fraction of sp³-hybridized carbons (Fsp3) is 0.182. The molecule has 0 saturated carbocycles. The van der Waals surface area contributed by atoms with Crippen LogP contribution in [0, 0.1) is 10.1 Å². The number of amides is 2. The standard InChI is InChI=1S/C11H8N2O6/c14-9-3-4-10(15)12(9)8-5-6(13(18)19)1-2-7(8)11(16)17/h1-2,5H,3-4H2,(H,16,17)/p-1. The second-order valence-electron chi connectivity index (χ2n) is 3.87. The first-order valence-corrected chi connectivity index (χ1v) is 5.27. The van der Waals surface area contributed by atoms with E-state index in [2.05, 4.69) is 0 Å². The second-order valence-corrected chi connectivity index (χ2v) is 3.87. The van der Waals surface area contributed by atoms with Gasteiger partial charge in [0.1, 0.15) is 0 Å². The topological polar surface area (TPSA) is 121 Å². The van der Waals surface area contributed by atoms with E-state index in [1.165, 1.54) is 0 Å². The van der Waals surface area contributed by atoms with Gasteiger partial charge in [-0.3, -0.25) is 19.7 Å². The van der Waals surface area contributed by atoms with Crippen LogP contribution < -0.4 is 10.0 Å². The summed E-state index contributed by atoms with van der Waals surface area (Å²) in [5.74, 6) is -2.79. The average molecular weight is 263 g/mol. The average Bonchev–Trinajstić information content (AvgIpc) is 2.68. The van der Waals surface area contributed by atoms with E-state index in [0.29, 0.717) is 4.90 Å². The van der Waals surface area contributed by atoms with Crippen LogP contribution in [0.4, 0.5) is 11.4 Å². The van der Waals surface area contributed by atoms with Gasteiger partial charge in [-0.1, -0.05) is 0 Å².